The zero-order chi connectivity index (χ0) is 15.4. The molecule has 9 nitrogen and oxygen atoms in total. The van der Waals surface area contributed by atoms with Crippen LogP contribution in [-0.2, 0) is 9.30 Å². The predicted octanol–water partition coefficient (Wildman–Crippen LogP) is -1.25. The molecule has 0 radical (unpaired) electrons. The minimum atomic E-state index is -4.18. The van der Waals surface area contributed by atoms with Gasteiger partial charge in [0.05, 0.1) is 12.3 Å². The SMILES string of the molecule is O=c1ccn([C@H]2C[C@H](O)[C@]3(CC3CP(=O)(O)O)O2)c(=O)[nH]1. The number of aliphatic hydroxyl groups is 1. The smallest absolute Gasteiger partial charge is 0.330 e. The average molecular weight is 318 g/mol. The second-order valence-corrected chi connectivity index (χ2v) is 7.24. The highest BCUT2D eigenvalue weighted by Crippen LogP contribution is 2.61. The maximum absolute atomic E-state index is 11.7. The van der Waals surface area contributed by atoms with E-state index in [0.717, 1.165) is 4.57 Å². The van der Waals surface area contributed by atoms with Crippen LogP contribution in [0.3, 0.4) is 0 Å². The van der Waals surface area contributed by atoms with Gasteiger partial charge in [0.15, 0.2) is 0 Å². The monoisotopic (exact) mass is 318 g/mol. The van der Waals surface area contributed by atoms with Gasteiger partial charge in [-0.3, -0.25) is 18.9 Å². The van der Waals surface area contributed by atoms with E-state index in [0.29, 0.717) is 6.42 Å². The highest BCUT2D eigenvalue weighted by atomic mass is 31.2. The van der Waals surface area contributed by atoms with Gasteiger partial charge >= 0.3 is 13.3 Å². The lowest BCUT2D eigenvalue weighted by Crippen LogP contribution is -2.32. The first kappa shape index (κ1) is 14.7. The Morgan fingerprint density at radius 2 is 2.19 bits per heavy atom. The zero-order valence-electron chi connectivity index (χ0n) is 10.9. The molecule has 4 atom stereocenters. The van der Waals surface area contributed by atoms with Crippen molar-refractivity contribution < 1.29 is 24.2 Å². The highest BCUT2D eigenvalue weighted by molar-refractivity contribution is 7.51. The van der Waals surface area contributed by atoms with E-state index in [2.05, 4.69) is 4.98 Å². The van der Waals surface area contributed by atoms with Crippen molar-refractivity contribution in [2.75, 3.05) is 6.16 Å². The van der Waals surface area contributed by atoms with Crippen molar-refractivity contribution >= 4 is 7.60 Å². The molecule has 2 heterocycles. The Bertz CT molecular complexity index is 722. The van der Waals surface area contributed by atoms with E-state index in [1.165, 1.54) is 12.3 Å². The van der Waals surface area contributed by atoms with Crippen LogP contribution in [0.2, 0.25) is 0 Å². The van der Waals surface area contributed by atoms with Crippen molar-refractivity contribution in [3.8, 4) is 0 Å². The van der Waals surface area contributed by atoms with Gasteiger partial charge in [0, 0.05) is 24.6 Å². The van der Waals surface area contributed by atoms with Crippen LogP contribution in [0, 0.1) is 5.92 Å². The molecule has 1 aromatic heterocycles. The topological polar surface area (TPSA) is 142 Å². The van der Waals surface area contributed by atoms with Gasteiger partial charge in [-0.25, -0.2) is 4.79 Å². The van der Waals surface area contributed by atoms with Crippen molar-refractivity contribution in [1.29, 1.82) is 0 Å². The minimum Gasteiger partial charge on any atom is -0.390 e. The number of nitrogens with one attached hydrogen (secondary N) is 1. The molecule has 0 aromatic carbocycles. The van der Waals surface area contributed by atoms with Crippen LogP contribution in [0.1, 0.15) is 19.1 Å². The van der Waals surface area contributed by atoms with Crippen molar-refractivity contribution in [2.24, 2.45) is 5.92 Å². The Balaban J connectivity index is 1.80. The Kier molecular flexibility index (Phi) is 3.23. The third kappa shape index (κ3) is 2.63. The molecular weight excluding hydrogens is 303 g/mol. The van der Waals surface area contributed by atoms with Gasteiger partial charge in [-0.05, 0) is 6.42 Å². The quantitative estimate of drug-likeness (QED) is 0.510. The molecule has 21 heavy (non-hydrogen) atoms. The van der Waals surface area contributed by atoms with Crippen LogP contribution in [0.5, 0.6) is 0 Å². The molecular formula is C11H15N2O7P. The average Bonchev–Trinajstić information content (AvgIpc) is 2.88. The van der Waals surface area contributed by atoms with Crippen molar-refractivity contribution in [3.05, 3.63) is 33.1 Å². The molecule has 2 fully saturated rings. The first-order chi connectivity index (χ1) is 9.71. The first-order valence-corrected chi connectivity index (χ1v) is 8.23. The summed E-state index contributed by atoms with van der Waals surface area (Å²) in [5, 5.41) is 10.1. The highest BCUT2D eigenvalue weighted by Gasteiger charge is 2.66. The molecule has 1 saturated carbocycles. The molecule has 1 aliphatic heterocycles. The normalized spacial score (nSPS) is 35.3. The first-order valence-electron chi connectivity index (χ1n) is 6.43. The van der Waals surface area contributed by atoms with E-state index in [-0.39, 0.29) is 12.6 Å². The molecule has 1 saturated heterocycles. The number of nitrogens with zero attached hydrogens (tertiary/aromatic N) is 1. The summed E-state index contributed by atoms with van der Waals surface area (Å²) in [6.45, 7) is 0. The van der Waals surface area contributed by atoms with Crippen molar-refractivity contribution in [1.82, 2.24) is 9.55 Å². The van der Waals surface area contributed by atoms with E-state index >= 15 is 0 Å². The lowest BCUT2D eigenvalue weighted by atomic mass is 10.1. The van der Waals surface area contributed by atoms with Gasteiger partial charge < -0.3 is 19.6 Å². The summed E-state index contributed by atoms with van der Waals surface area (Å²) in [5.41, 5.74) is -2.18. The van der Waals surface area contributed by atoms with Crippen molar-refractivity contribution in [3.63, 3.8) is 0 Å². The minimum absolute atomic E-state index is 0.129. The summed E-state index contributed by atoms with van der Waals surface area (Å²) < 4.78 is 17.9. The van der Waals surface area contributed by atoms with Gasteiger partial charge in [0.25, 0.3) is 5.56 Å². The van der Waals surface area contributed by atoms with Gasteiger partial charge in [-0.2, -0.15) is 0 Å². The van der Waals surface area contributed by atoms with Gasteiger partial charge in [0.2, 0.25) is 0 Å². The number of rotatable bonds is 3. The molecule has 0 amide bonds. The second kappa shape index (κ2) is 4.62. The third-order valence-electron chi connectivity index (χ3n) is 4.06. The fourth-order valence-electron chi connectivity index (χ4n) is 2.98. The fourth-order valence-corrected chi connectivity index (χ4v) is 3.99. The van der Waals surface area contributed by atoms with Crippen LogP contribution < -0.4 is 11.2 Å². The lowest BCUT2D eigenvalue weighted by molar-refractivity contribution is -0.0466. The van der Waals surface area contributed by atoms with Gasteiger partial charge in [-0.1, -0.05) is 0 Å². The Hall–Kier alpha value is -1.25. The molecule has 1 aliphatic carbocycles. The lowest BCUT2D eigenvalue weighted by Gasteiger charge is -2.16. The molecule has 2 aliphatic rings. The second-order valence-electron chi connectivity index (χ2n) is 5.54. The Labute approximate surface area is 118 Å². The molecule has 4 N–H and O–H groups in total. The number of H-pyrrole nitrogens is 1. The van der Waals surface area contributed by atoms with Crippen molar-refractivity contribution in [2.45, 2.75) is 30.8 Å². The summed E-state index contributed by atoms with van der Waals surface area (Å²) in [4.78, 5) is 42.8. The summed E-state index contributed by atoms with van der Waals surface area (Å²) >= 11 is 0. The summed E-state index contributed by atoms with van der Waals surface area (Å²) in [6.07, 6.45) is -0.267. The molecule has 116 valence electrons. The number of aliphatic hydroxyl groups excluding tert-OH is 1. The van der Waals surface area contributed by atoms with Gasteiger partial charge in [-0.15, -0.1) is 0 Å². The summed E-state index contributed by atoms with van der Waals surface area (Å²) in [7, 11) is -4.18. The summed E-state index contributed by atoms with van der Waals surface area (Å²) in [6, 6.07) is 1.17. The van der Waals surface area contributed by atoms with E-state index < -0.39 is 42.7 Å². The van der Waals surface area contributed by atoms with E-state index in [1.807, 2.05) is 0 Å². The zero-order valence-corrected chi connectivity index (χ0v) is 11.8. The van der Waals surface area contributed by atoms with Crippen LogP contribution >= 0.6 is 7.60 Å². The maximum Gasteiger partial charge on any atom is 0.330 e. The number of aromatic amines is 1. The molecule has 10 heteroatoms. The molecule has 0 bridgehead atoms. The number of ether oxygens (including phenoxy) is 1. The third-order valence-corrected chi connectivity index (χ3v) is 4.98. The predicted molar refractivity (Wildman–Crippen MR) is 69.8 cm³/mol. The molecule has 3 rings (SSSR count). The van der Waals surface area contributed by atoms with Crippen LogP contribution in [0.25, 0.3) is 0 Å². The Morgan fingerprint density at radius 1 is 1.48 bits per heavy atom. The number of hydrogen-bond acceptors (Lipinski definition) is 5. The van der Waals surface area contributed by atoms with Crippen LogP contribution in [0.15, 0.2) is 21.9 Å². The van der Waals surface area contributed by atoms with Crippen LogP contribution in [-0.4, -0.2) is 42.3 Å². The number of aromatic nitrogens is 2. The molecule has 1 aromatic rings. The summed E-state index contributed by atoms with van der Waals surface area (Å²) in [5.74, 6) is -0.434. The van der Waals surface area contributed by atoms with E-state index in [1.54, 1.807) is 0 Å². The maximum atomic E-state index is 11.7. The molecule has 1 spiro atoms. The Morgan fingerprint density at radius 3 is 2.81 bits per heavy atom. The van der Waals surface area contributed by atoms with E-state index in [4.69, 9.17) is 14.5 Å². The van der Waals surface area contributed by atoms with Gasteiger partial charge in [0.1, 0.15) is 11.8 Å². The fraction of sp³-hybridized carbons (Fsp3) is 0.636. The molecule has 1 unspecified atom stereocenters. The van der Waals surface area contributed by atoms with Crippen LogP contribution in [0.4, 0.5) is 0 Å². The number of hydrogen-bond donors (Lipinski definition) is 4. The van der Waals surface area contributed by atoms with E-state index in [9.17, 15) is 19.3 Å². The largest absolute Gasteiger partial charge is 0.390 e. The standard InChI is InChI=1S/C11H15N2O7P/c14-7-3-9(13-2-1-8(15)12-10(13)16)20-11(7)4-6(11)5-21(17,18)19/h1-2,6-7,9,14H,3-5H2,(H,12,15,16)(H2,17,18,19)/t6?,7-,9+,11+/m0/s1.